The number of aromatic carboxylic acids is 1. The summed E-state index contributed by atoms with van der Waals surface area (Å²) in [6, 6.07) is 9.40. The average molecular weight is 270 g/mol. The molecule has 1 aliphatic carbocycles. The molecule has 1 aliphatic rings. The first-order chi connectivity index (χ1) is 9.63. The molecule has 1 aromatic heterocycles. The van der Waals surface area contributed by atoms with E-state index in [0.29, 0.717) is 5.82 Å². The summed E-state index contributed by atoms with van der Waals surface area (Å²) in [5.74, 6) is -0.292. The van der Waals surface area contributed by atoms with Crippen LogP contribution in [0.1, 0.15) is 43.1 Å². The number of carboxylic acids is 1. The summed E-state index contributed by atoms with van der Waals surface area (Å²) in [6.07, 6.45) is 4.49. The van der Waals surface area contributed by atoms with Crippen LogP contribution in [-0.2, 0) is 0 Å². The highest BCUT2D eigenvalue weighted by Gasteiger charge is 2.35. The lowest BCUT2D eigenvalue weighted by atomic mass is 9.75. The Balaban J connectivity index is 2.10. The normalized spacial score (nSPS) is 16.6. The topological polar surface area (TPSA) is 62.2 Å². The van der Waals surface area contributed by atoms with Crippen LogP contribution in [-0.4, -0.2) is 21.6 Å². The van der Waals surface area contributed by atoms with Crippen molar-refractivity contribution < 1.29 is 9.90 Å². The Morgan fingerprint density at radius 3 is 2.75 bits per heavy atom. The Hall–Kier alpha value is -2.10. The van der Waals surface area contributed by atoms with Gasteiger partial charge in [0.25, 0.3) is 0 Å². The molecule has 0 radical (unpaired) electrons. The lowest BCUT2D eigenvalue weighted by Crippen LogP contribution is -2.44. The molecule has 1 heterocycles. The van der Waals surface area contributed by atoms with Gasteiger partial charge in [-0.2, -0.15) is 0 Å². The number of carboxylic acid groups (broad SMARTS) is 1. The summed E-state index contributed by atoms with van der Waals surface area (Å²) in [7, 11) is 0. The molecule has 104 valence electrons. The first kappa shape index (κ1) is 12.9. The lowest BCUT2D eigenvalue weighted by molar-refractivity contribution is 0.0691. The molecule has 3 rings (SSSR count). The van der Waals surface area contributed by atoms with E-state index in [-0.39, 0.29) is 11.2 Å². The van der Waals surface area contributed by atoms with Crippen LogP contribution < -0.4 is 5.32 Å². The molecular weight excluding hydrogens is 252 g/mol. The van der Waals surface area contributed by atoms with Gasteiger partial charge in [-0.05, 0) is 37.1 Å². The molecule has 0 saturated heterocycles. The van der Waals surface area contributed by atoms with Crippen LogP contribution in [0.2, 0.25) is 0 Å². The third-order valence-corrected chi connectivity index (χ3v) is 4.33. The van der Waals surface area contributed by atoms with Gasteiger partial charge in [-0.1, -0.05) is 31.2 Å². The van der Waals surface area contributed by atoms with Crippen LogP contribution in [0.4, 0.5) is 5.82 Å². The summed E-state index contributed by atoms with van der Waals surface area (Å²) in [5.41, 5.74) is 0.184. The quantitative estimate of drug-likeness (QED) is 0.889. The molecular formula is C16H18N2O2. The van der Waals surface area contributed by atoms with Gasteiger partial charge in [0.15, 0.2) is 5.69 Å². The van der Waals surface area contributed by atoms with E-state index < -0.39 is 5.97 Å². The lowest BCUT2D eigenvalue weighted by Gasteiger charge is -2.42. The zero-order valence-electron chi connectivity index (χ0n) is 11.5. The maximum absolute atomic E-state index is 11.2. The van der Waals surface area contributed by atoms with Crippen molar-refractivity contribution in [3.8, 4) is 0 Å². The predicted octanol–water partition coefficient (Wildman–Crippen LogP) is 3.68. The summed E-state index contributed by atoms with van der Waals surface area (Å²) >= 11 is 0. The molecule has 2 aromatic rings. The van der Waals surface area contributed by atoms with E-state index >= 15 is 0 Å². The van der Waals surface area contributed by atoms with Gasteiger partial charge in [0.05, 0.1) is 0 Å². The second-order valence-electron chi connectivity index (χ2n) is 5.49. The highest BCUT2D eigenvalue weighted by Crippen LogP contribution is 2.39. The van der Waals surface area contributed by atoms with Crippen LogP contribution in [0, 0.1) is 0 Å². The molecule has 20 heavy (non-hydrogen) atoms. The summed E-state index contributed by atoms with van der Waals surface area (Å²) in [6.45, 7) is 2.16. The smallest absolute Gasteiger partial charge is 0.354 e. The Kier molecular flexibility index (Phi) is 3.08. The van der Waals surface area contributed by atoms with Gasteiger partial charge in [0.2, 0.25) is 0 Å². The second kappa shape index (κ2) is 4.78. The van der Waals surface area contributed by atoms with E-state index in [0.717, 1.165) is 30.0 Å². The van der Waals surface area contributed by atoms with Gasteiger partial charge in [0.1, 0.15) is 5.82 Å². The van der Waals surface area contributed by atoms with E-state index in [2.05, 4.69) is 17.2 Å². The fourth-order valence-corrected chi connectivity index (χ4v) is 2.83. The molecule has 4 nitrogen and oxygen atoms in total. The number of fused-ring (bicyclic) bond motifs is 1. The summed E-state index contributed by atoms with van der Waals surface area (Å²) < 4.78 is 0. The first-order valence-corrected chi connectivity index (χ1v) is 7.05. The summed E-state index contributed by atoms with van der Waals surface area (Å²) in [4.78, 5) is 15.5. The number of rotatable bonds is 4. The Morgan fingerprint density at radius 1 is 1.40 bits per heavy atom. The minimum atomic E-state index is -0.988. The van der Waals surface area contributed by atoms with Gasteiger partial charge in [-0.15, -0.1) is 0 Å². The second-order valence-corrected chi connectivity index (χ2v) is 5.49. The zero-order chi connectivity index (χ0) is 14.2. The van der Waals surface area contributed by atoms with Gasteiger partial charge in [-0.3, -0.25) is 0 Å². The molecule has 1 aromatic carbocycles. The fourth-order valence-electron chi connectivity index (χ4n) is 2.83. The Labute approximate surface area is 117 Å². The first-order valence-electron chi connectivity index (χ1n) is 7.05. The van der Waals surface area contributed by atoms with Crippen LogP contribution in [0.5, 0.6) is 0 Å². The summed E-state index contributed by atoms with van der Waals surface area (Å²) in [5, 5.41) is 14.6. The number of nitrogens with zero attached hydrogens (tertiary/aromatic N) is 1. The fraction of sp³-hybridized carbons (Fsp3) is 0.375. The van der Waals surface area contributed by atoms with Crippen LogP contribution in [0.15, 0.2) is 30.3 Å². The molecule has 2 N–H and O–H groups in total. The van der Waals surface area contributed by atoms with E-state index in [1.807, 2.05) is 24.3 Å². The molecule has 1 saturated carbocycles. The third kappa shape index (κ3) is 2.11. The zero-order valence-corrected chi connectivity index (χ0v) is 11.5. The monoisotopic (exact) mass is 270 g/mol. The highest BCUT2D eigenvalue weighted by molar-refractivity contribution is 5.97. The van der Waals surface area contributed by atoms with Crippen molar-refractivity contribution in [3.63, 3.8) is 0 Å². The maximum atomic E-state index is 11.2. The molecule has 0 spiro atoms. The Morgan fingerprint density at radius 2 is 2.15 bits per heavy atom. The molecule has 0 atom stereocenters. The van der Waals surface area contributed by atoms with Crippen molar-refractivity contribution in [1.29, 1.82) is 0 Å². The molecule has 1 fully saturated rings. The maximum Gasteiger partial charge on any atom is 0.354 e. The number of pyridine rings is 1. The van der Waals surface area contributed by atoms with Crippen molar-refractivity contribution >= 4 is 22.6 Å². The largest absolute Gasteiger partial charge is 0.477 e. The third-order valence-electron chi connectivity index (χ3n) is 4.33. The minimum Gasteiger partial charge on any atom is -0.477 e. The molecule has 0 unspecified atom stereocenters. The number of benzene rings is 1. The van der Waals surface area contributed by atoms with Gasteiger partial charge < -0.3 is 10.4 Å². The van der Waals surface area contributed by atoms with Gasteiger partial charge >= 0.3 is 5.97 Å². The van der Waals surface area contributed by atoms with Crippen LogP contribution in [0.25, 0.3) is 10.8 Å². The van der Waals surface area contributed by atoms with Crippen LogP contribution >= 0.6 is 0 Å². The number of nitrogens with one attached hydrogen (secondary N) is 1. The van der Waals surface area contributed by atoms with Crippen molar-refractivity contribution in [1.82, 2.24) is 4.98 Å². The Bertz CT molecular complexity index is 657. The van der Waals surface area contributed by atoms with E-state index in [1.54, 1.807) is 6.07 Å². The number of hydrogen-bond acceptors (Lipinski definition) is 3. The van der Waals surface area contributed by atoms with E-state index in [9.17, 15) is 9.90 Å². The molecule has 0 aliphatic heterocycles. The number of anilines is 1. The van der Waals surface area contributed by atoms with Crippen molar-refractivity contribution in [2.45, 2.75) is 38.1 Å². The minimum absolute atomic E-state index is 0.0902. The SMILES string of the molecule is CCC1(Nc2nc(C(=O)O)cc3ccccc23)CCC1. The number of hydrogen-bond donors (Lipinski definition) is 2. The predicted molar refractivity (Wildman–Crippen MR) is 79.2 cm³/mol. The van der Waals surface area contributed by atoms with Gasteiger partial charge in [0, 0.05) is 10.9 Å². The van der Waals surface area contributed by atoms with Crippen molar-refractivity contribution in [2.75, 3.05) is 5.32 Å². The molecule has 4 heteroatoms. The van der Waals surface area contributed by atoms with E-state index in [4.69, 9.17) is 0 Å². The van der Waals surface area contributed by atoms with Crippen LogP contribution in [0.3, 0.4) is 0 Å². The number of carbonyl (C=O) groups is 1. The number of aromatic nitrogens is 1. The molecule has 0 amide bonds. The van der Waals surface area contributed by atoms with Crippen molar-refractivity contribution in [3.05, 3.63) is 36.0 Å². The highest BCUT2D eigenvalue weighted by atomic mass is 16.4. The van der Waals surface area contributed by atoms with Gasteiger partial charge in [-0.25, -0.2) is 9.78 Å². The standard InChI is InChI=1S/C16H18N2O2/c1-2-16(8-5-9-16)18-14-12-7-4-3-6-11(12)10-13(17-14)15(19)20/h3-4,6-7,10H,2,5,8-9H2,1H3,(H,17,18)(H,19,20). The average Bonchev–Trinajstić information content (AvgIpc) is 2.42. The molecule has 0 bridgehead atoms. The van der Waals surface area contributed by atoms with Crippen molar-refractivity contribution in [2.24, 2.45) is 0 Å². The van der Waals surface area contributed by atoms with E-state index in [1.165, 1.54) is 6.42 Å².